The third-order valence-corrected chi connectivity index (χ3v) is 24.6. The van der Waals surface area contributed by atoms with Gasteiger partial charge in [0.25, 0.3) is 17.1 Å². The maximum absolute atomic E-state index is 13.4. The summed E-state index contributed by atoms with van der Waals surface area (Å²) in [5.41, 5.74) is 14.7. The number of aryl methyl sites for hydroxylation is 10. The molecule has 0 saturated carbocycles. The molecule has 656 valence electrons. The molecule has 2 aliphatic heterocycles. The Balaban J connectivity index is 0.000000796. The van der Waals surface area contributed by atoms with Crippen molar-refractivity contribution in [3.05, 3.63) is 181 Å². The quantitative estimate of drug-likeness (QED) is 0.0121. The second-order valence-electron chi connectivity index (χ2n) is 32.1. The van der Waals surface area contributed by atoms with E-state index in [2.05, 4.69) is 135 Å². The molecule has 0 bridgehead atoms. The zero-order valence-corrected chi connectivity index (χ0v) is 81.6. The summed E-state index contributed by atoms with van der Waals surface area (Å²) in [6, 6.07) is 21.7. The fraction of sp³-hybridized carbons (Fsp3) is 0.620. The molecule has 0 spiro atoms. The number of carbonyl (C=O) groups is 5. The number of alkyl halides is 3. The number of nitro groups is 3. The number of Topliss-reactive ketones (excluding diaryl/α,β-unsaturated/α-hetero) is 4. The number of hydrogen-bond donors (Lipinski definition) is 2. The molecule has 2 aliphatic rings. The van der Waals surface area contributed by atoms with Crippen LogP contribution in [-0.2, 0) is 49.7 Å². The minimum Gasteiger partial charge on any atom is -1.00 e. The van der Waals surface area contributed by atoms with E-state index in [9.17, 15) is 54.3 Å². The first-order valence-corrected chi connectivity index (χ1v) is 45.9. The molecule has 5 aromatic rings. The fourth-order valence-electron chi connectivity index (χ4n) is 16.2. The molecular weight excluding hydrogens is 1810 g/mol. The number of nitro benzene ring substituents is 3. The molecule has 0 aliphatic carbocycles. The highest BCUT2D eigenvalue weighted by molar-refractivity contribution is 9.09. The molecule has 0 radical (unpaired) electrons. The molecule has 0 aromatic heterocycles. The molecular formula is C92H142Br5N9O11. The average Bonchev–Trinajstić information content (AvgIpc) is 0.858. The van der Waals surface area contributed by atoms with Gasteiger partial charge in [0.1, 0.15) is 13.1 Å². The van der Waals surface area contributed by atoms with Gasteiger partial charge >= 0.3 is 0 Å². The number of non-ortho nitro benzene ring substituents is 3. The van der Waals surface area contributed by atoms with E-state index >= 15 is 0 Å². The van der Waals surface area contributed by atoms with Gasteiger partial charge in [-0.15, -0.1) is 0 Å². The summed E-state index contributed by atoms with van der Waals surface area (Å²) in [6.07, 6.45) is 21.8. The lowest BCUT2D eigenvalue weighted by Crippen LogP contribution is -3.00. The molecule has 4 atom stereocenters. The summed E-state index contributed by atoms with van der Waals surface area (Å²) in [4.78, 5) is 100. The monoisotopic (exact) mass is 1940 g/mol. The van der Waals surface area contributed by atoms with Crippen LogP contribution in [0.4, 0.5) is 22.7 Å². The number of ketones is 4. The number of benzene rings is 5. The summed E-state index contributed by atoms with van der Waals surface area (Å²) in [7, 11) is 0. The third kappa shape index (κ3) is 39.2. The van der Waals surface area contributed by atoms with Crippen LogP contribution in [0, 0.1) is 99.6 Å². The number of likely N-dealkylation sites (tertiary alicyclic amines) is 1. The first kappa shape index (κ1) is 110. The summed E-state index contributed by atoms with van der Waals surface area (Å²) < 4.78 is 1.63. The van der Waals surface area contributed by atoms with Crippen molar-refractivity contribution in [3.8, 4) is 0 Å². The van der Waals surface area contributed by atoms with E-state index in [-0.39, 0.29) is 96.2 Å². The van der Waals surface area contributed by atoms with Crippen LogP contribution in [0.15, 0.2) is 72.8 Å². The van der Waals surface area contributed by atoms with Crippen molar-refractivity contribution in [2.75, 3.05) is 113 Å². The van der Waals surface area contributed by atoms with Gasteiger partial charge in [0, 0.05) is 83.8 Å². The Hall–Kier alpha value is -5.35. The number of nitrogens with zero attached hydrogens (tertiary/aromatic N) is 7. The van der Waals surface area contributed by atoms with Crippen molar-refractivity contribution in [2.45, 2.75) is 264 Å². The van der Waals surface area contributed by atoms with Crippen LogP contribution >= 0.6 is 47.8 Å². The number of unbranched alkanes of at least 4 members (excludes halogenated alkanes) is 6. The van der Waals surface area contributed by atoms with Gasteiger partial charge in [-0.2, -0.15) is 0 Å². The van der Waals surface area contributed by atoms with Gasteiger partial charge in [-0.1, -0.05) is 131 Å². The minimum atomic E-state index is -0.397. The summed E-state index contributed by atoms with van der Waals surface area (Å²) in [6.45, 7) is 44.2. The van der Waals surface area contributed by atoms with E-state index < -0.39 is 4.92 Å². The highest BCUT2D eigenvalue weighted by Gasteiger charge is 2.33. The van der Waals surface area contributed by atoms with E-state index in [1.54, 1.807) is 36.4 Å². The molecule has 7 rings (SSSR count). The number of piperidine rings is 2. The Morgan fingerprint density at radius 3 is 1.23 bits per heavy atom. The number of rotatable bonds is 44. The maximum atomic E-state index is 13.4. The van der Waals surface area contributed by atoms with E-state index in [1.165, 1.54) is 61.6 Å². The van der Waals surface area contributed by atoms with Gasteiger partial charge in [-0.25, -0.2) is 0 Å². The van der Waals surface area contributed by atoms with Gasteiger partial charge in [0.15, 0.2) is 23.1 Å². The second-order valence-corrected chi connectivity index (χ2v) is 34.4. The summed E-state index contributed by atoms with van der Waals surface area (Å²) in [5, 5.41) is 43.0. The number of quaternary nitrogens is 2. The highest BCUT2D eigenvalue weighted by atomic mass is 79.9. The smallest absolute Gasteiger partial charge is 0.269 e. The highest BCUT2D eigenvalue weighted by Crippen LogP contribution is 2.29. The molecule has 117 heavy (non-hydrogen) atoms. The van der Waals surface area contributed by atoms with Crippen molar-refractivity contribution in [2.24, 2.45) is 0 Å². The molecule has 2 saturated heterocycles. The molecule has 1 amide bonds. The molecule has 4 unspecified atom stereocenters. The van der Waals surface area contributed by atoms with Crippen molar-refractivity contribution in [1.29, 1.82) is 0 Å². The predicted molar refractivity (Wildman–Crippen MR) is 485 cm³/mol. The van der Waals surface area contributed by atoms with Crippen molar-refractivity contribution in [1.82, 2.24) is 15.1 Å². The van der Waals surface area contributed by atoms with E-state index in [4.69, 9.17) is 0 Å². The maximum Gasteiger partial charge on any atom is 0.269 e. The van der Waals surface area contributed by atoms with Gasteiger partial charge in [0.2, 0.25) is 5.91 Å². The Bertz CT molecular complexity index is 3780. The normalized spacial score (nSPS) is 14.8. The number of halogens is 5. The van der Waals surface area contributed by atoms with Crippen LogP contribution in [0.25, 0.3) is 0 Å². The zero-order valence-electron chi connectivity index (χ0n) is 73.7. The number of carbonyl (C=O) groups excluding carboxylic acids is 5. The van der Waals surface area contributed by atoms with Crippen LogP contribution in [-0.4, -0.2) is 182 Å². The lowest BCUT2D eigenvalue weighted by Gasteiger charge is -2.37. The largest absolute Gasteiger partial charge is 1.00 e. The van der Waals surface area contributed by atoms with Crippen molar-refractivity contribution in [3.63, 3.8) is 0 Å². The average molecular weight is 1950 g/mol. The summed E-state index contributed by atoms with van der Waals surface area (Å²) >= 11 is 10.2. The van der Waals surface area contributed by atoms with Crippen LogP contribution in [0.2, 0.25) is 0 Å². The van der Waals surface area contributed by atoms with Crippen LogP contribution < -0.4 is 44.6 Å². The van der Waals surface area contributed by atoms with Gasteiger partial charge < -0.3 is 53.6 Å². The lowest BCUT2D eigenvalue weighted by molar-refractivity contribution is -0.919. The number of likely N-dealkylation sites (N-methyl/N-ethyl adjacent to an activating group) is 3. The van der Waals surface area contributed by atoms with Gasteiger partial charge in [-0.05, 0) is 290 Å². The molecule has 25 heteroatoms. The number of amides is 1. The number of nitrogens with one attached hydrogen (secondary N) is 2. The topological polar surface area (TPSA) is 245 Å². The number of anilines is 1. The van der Waals surface area contributed by atoms with Crippen LogP contribution in [0.5, 0.6) is 0 Å². The van der Waals surface area contributed by atoms with Gasteiger partial charge in [0.05, 0.1) is 72.7 Å². The summed E-state index contributed by atoms with van der Waals surface area (Å²) in [5.74, 6) is 1.04. The van der Waals surface area contributed by atoms with Crippen molar-refractivity contribution >= 4 is 99.6 Å². The predicted octanol–water partition coefficient (Wildman–Crippen LogP) is 14.6. The Labute approximate surface area is 748 Å². The number of hydrogen-bond acceptors (Lipinski definition) is 14. The van der Waals surface area contributed by atoms with Gasteiger partial charge in [-0.3, -0.25) is 64.1 Å². The lowest BCUT2D eigenvalue weighted by atomic mass is 9.92. The molecule has 2 fully saturated rings. The SMILES string of the molecule is BrCCCCCBr.CCCN(CC)CC(=O)Cc1c(C)cc([N+](=O)[O-])cc1C.CCC[N+](CC)(CCCCCBr)CC(=O)Cc1c(C)cc([N+](=O)[O-])cc1C.CCC[N+](CC)(CCCCCN1CCCCC1C(=O)Nc1c(C)cccc1C)CC(=O)Cc1c(C)cc([N+](=O)[O-])cc1C.Cc1cccc(C)c1CC(=O)C1CCCCN1.[Br-].[Br-]. The molecule has 2 heterocycles. The number of para-hydroxylation sites is 1. The molecule has 2 N–H and O–H groups in total. The molecule has 5 aromatic carbocycles. The Morgan fingerprint density at radius 1 is 0.479 bits per heavy atom. The fourth-order valence-corrected chi connectivity index (χ4v) is 17.4. The van der Waals surface area contributed by atoms with Crippen molar-refractivity contribution < 1.29 is 81.7 Å². The van der Waals surface area contributed by atoms with E-state index in [0.717, 1.165) is 234 Å². The van der Waals surface area contributed by atoms with Crippen LogP contribution in [0.1, 0.15) is 235 Å². The van der Waals surface area contributed by atoms with E-state index in [1.807, 2.05) is 80.5 Å². The Kier molecular flexibility index (Phi) is 55.7. The first-order chi connectivity index (χ1) is 54.8. The Morgan fingerprint density at radius 2 is 0.863 bits per heavy atom. The third-order valence-electron chi connectivity index (χ3n) is 22.9. The standard InChI is InChI=1S/C35H52N4O4.C21H34BrN2O3.C16H24N2O3.C15H21NO.C5H10Br2.2BrH/c1-7-20-39(8-2,25-31(40)24-32-28(5)22-30(38(42)43)23-29(32)6)21-13-9-11-18-37-19-12-10-17-33(37)35(41)36-34-26(3)15-14-16-27(34)4;1-5-11-24(6-2,12-9-7-8-10-22)16-20(25)15-21-17(3)13-19(23(26)27)14-18(21)4;1-5-7-17(6-2)11-15(19)10-16-12(3)8-14(18(20)21)9-13(16)4;1-11-6-5-7-12(2)13(11)10-15(17)14-8-3-4-9-16-14;6-4-2-1-3-5-7;;/h14-16,22-23,33H,7-13,17-21,24-25H2,1-6H3;13-14H,5-12,15-16H2,1-4H3;8-9H,5-7,10-11H2,1-4H3;5-7,14,16H,3-4,8-10H2,1-2H3;1-5H2;2*1H/q;+1;;;;;/p-1. The minimum absolute atomic E-state index is 0. The van der Waals surface area contributed by atoms with Crippen LogP contribution in [0.3, 0.4) is 0 Å². The first-order valence-electron chi connectivity index (χ1n) is 42.6. The molecule has 20 nitrogen and oxygen atoms in total. The van der Waals surface area contributed by atoms with E-state index in [0.29, 0.717) is 51.1 Å². The zero-order chi connectivity index (χ0) is 85.8. The second kappa shape index (κ2) is 59.4.